The smallest absolute Gasteiger partial charge is 0.323 e. The standard InChI is InChI=1S/C41H46N12O5/c1-25-20-28(45-41(57)46-31-23-42-33-13-14-44-53(33)37(31)26-6-2-3-7-26)22-43-36(25)38-48-35(58-49-38)8-4-5-15-50-16-18-51(19-17-50)29-9-10-30-27(21-29)24-52(40(30)56)32-11-12-34(54)47-39(32)55/h9-10,13-14,20-23,26,32H,2-8,11-12,15-19,24H2,1H3,(H2,45,46,57)(H,47,54,55). The fourth-order valence-corrected chi connectivity index (χ4v) is 8.79. The van der Waals surface area contributed by atoms with Crippen molar-refractivity contribution in [1.29, 1.82) is 0 Å². The summed E-state index contributed by atoms with van der Waals surface area (Å²) in [6.45, 7) is 6.86. The Hall–Kier alpha value is -6.23. The van der Waals surface area contributed by atoms with Crippen molar-refractivity contribution in [2.24, 2.45) is 0 Å². The summed E-state index contributed by atoms with van der Waals surface area (Å²) in [5.41, 5.74) is 6.97. The van der Waals surface area contributed by atoms with Crippen LogP contribution in [0.1, 0.15) is 90.4 Å². The molecule has 1 atom stereocenters. The molecule has 4 aliphatic rings. The van der Waals surface area contributed by atoms with E-state index in [1.165, 1.54) is 0 Å². The Labute approximate surface area is 334 Å². The van der Waals surface area contributed by atoms with Gasteiger partial charge < -0.3 is 25.0 Å². The summed E-state index contributed by atoms with van der Waals surface area (Å²) in [7, 11) is 0. The number of nitrogens with zero attached hydrogens (tertiary/aromatic N) is 9. The van der Waals surface area contributed by atoms with Gasteiger partial charge in [-0.05, 0) is 81.0 Å². The van der Waals surface area contributed by atoms with Gasteiger partial charge in [0.25, 0.3) is 5.91 Å². The van der Waals surface area contributed by atoms with Crippen LogP contribution in [0.4, 0.5) is 21.9 Å². The second-order valence-electron chi connectivity index (χ2n) is 15.6. The number of benzene rings is 1. The Bertz CT molecular complexity index is 2380. The van der Waals surface area contributed by atoms with E-state index in [0.717, 1.165) is 99.4 Å². The number of nitrogens with one attached hydrogen (secondary N) is 3. The number of imide groups is 1. The topological polar surface area (TPSA) is 196 Å². The third kappa shape index (κ3) is 7.60. The first-order valence-electron chi connectivity index (χ1n) is 20.2. The van der Waals surface area contributed by atoms with E-state index < -0.39 is 11.9 Å². The zero-order chi connectivity index (χ0) is 39.8. The Morgan fingerprint density at radius 1 is 0.966 bits per heavy atom. The molecule has 3 N–H and O–H groups in total. The fourth-order valence-electron chi connectivity index (χ4n) is 8.79. The molecule has 2 saturated heterocycles. The molecule has 5 amide bonds. The lowest BCUT2D eigenvalue weighted by molar-refractivity contribution is -0.136. The predicted molar refractivity (Wildman–Crippen MR) is 213 cm³/mol. The van der Waals surface area contributed by atoms with Crippen LogP contribution in [0.5, 0.6) is 0 Å². The number of amides is 5. The number of hydrogen-bond acceptors (Lipinski definition) is 12. The van der Waals surface area contributed by atoms with Gasteiger partial charge in [0.1, 0.15) is 11.7 Å². The number of piperidine rings is 1. The van der Waals surface area contributed by atoms with E-state index in [2.05, 4.69) is 57.0 Å². The van der Waals surface area contributed by atoms with Gasteiger partial charge in [0.15, 0.2) is 5.65 Å². The van der Waals surface area contributed by atoms with E-state index in [0.29, 0.717) is 59.7 Å². The number of anilines is 3. The molecule has 4 aromatic heterocycles. The van der Waals surface area contributed by atoms with Gasteiger partial charge in [-0.3, -0.25) is 29.6 Å². The summed E-state index contributed by atoms with van der Waals surface area (Å²) >= 11 is 0. The average molecular weight is 787 g/mol. The summed E-state index contributed by atoms with van der Waals surface area (Å²) in [6, 6.07) is 8.65. The van der Waals surface area contributed by atoms with Gasteiger partial charge >= 0.3 is 6.03 Å². The predicted octanol–water partition coefficient (Wildman–Crippen LogP) is 4.69. The minimum atomic E-state index is -0.611. The minimum absolute atomic E-state index is 0.152. The highest BCUT2D eigenvalue weighted by Crippen LogP contribution is 2.38. The van der Waals surface area contributed by atoms with Crippen LogP contribution in [0, 0.1) is 6.92 Å². The minimum Gasteiger partial charge on any atom is -0.369 e. The zero-order valence-electron chi connectivity index (χ0n) is 32.4. The third-order valence-electron chi connectivity index (χ3n) is 11.8. The van der Waals surface area contributed by atoms with Crippen molar-refractivity contribution < 1.29 is 23.7 Å². The Morgan fingerprint density at radius 2 is 1.81 bits per heavy atom. The number of piperazine rings is 1. The molecule has 9 rings (SSSR count). The number of pyridine rings is 1. The number of carbonyl (C=O) groups is 4. The number of unbranched alkanes of at least 4 members (excludes halogenated alkanes) is 1. The fraction of sp³-hybridized carbons (Fsp3) is 0.439. The molecule has 1 aliphatic carbocycles. The highest BCUT2D eigenvalue weighted by Gasteiger charge is 2.39. The Morgan fingerprint density at radius 3 is 2.62 bits per heavy atom. The number of rotatable bonds is 11. The van der Waals surface area contributed by atoms with Gasteiger partial charge in [-0.2, -0.15) is 10.1 Å². The van der Waals surface area contributed by atoms with Crippen LogP contribution >= 0.6 is 0 Å². The molecule has 0 radical (unpaired) electrons. The van der Waals surface area contributed by atoms with Crippen LogP contribution in [0.25, 0.3) is 17.2 Å². The molecule has 5 aromatic rings. The maximum Gasteiger partial charge on any atom is 0.323 e. The first kappa shape index (κ1) is 37.4. The first-order valence-corrected chi connectivity index (χ1v) is 20.2. The highest BCUT2D eigenvalue weighted by molar-refractivity contribution is 6.05. The van der Waals surface area contributed by atoms with Crippen LogP contribution in [0.2, 0.25) is 0 Å². The van der Waals surface area contributed by atoms with Crippen molar-refractivity contribution in [2.75, 3.05) is 48.3 Å². The lowest BCUT2D eigenvalue weighted by Gasteiger charge is -2.36. The van der Waals surface area contributed by atoms with E-state index in [9.17, 15) is 19.2 Å². The number of urea groups is 1. The molecule has 1 unspecified atom stereocenters. The monoisotopic (exact) mass is 786 g/mol. The molecule has 7 heterocycles. The number of aryl methyl sites for hydroxylation is 2. The molecule has 1 saturated carbocycles. The van der Waals surface area contributed by atoms with Crippen LogP contribution < -0.4 is 20.9 Å². The van der Waals surface area contributed by atoms with E-state index >= 15 is 0 Å². The first-order chi connectivity index (χ1) is 28.3. The average Bonchev–Trinajstić information content (AvgIpc) is 4.06. The normalized spacial score (nSPS) is 18.9. The maximum atomic E-state index is 13.1. The van der Waals surface area contributed by atoms with E-state index in [1.54, 1.807) is 23.5 Å². The largest absolute Gasteiger partial charge is 0.369 e. The zero-order valence-corrected chi connectivity index (χ0v) is 32.4. The van der Waals surface area contributed by atoms with Crippen molar-refractivity contribution >= 4 is 46.5 Å². The lowest BCUT2D eigenvalue weighted by atomic mass is 10.0. The second-order valence-corrected chi connectivity index (χ2v) is 15.6. The molecular formula is C41H46N12O5. The number of hydrogen-bond donors (Lipinski definition) is 3. The van der Waals surface area contributed by atoms with Gasteiger partial charge in [-0.25, -0.2) is 14.3 Å². The Kier molecular flexibility index (Phi) is 10.3. The molecule has 1 aromatic carbocycles. The molecule has 0 spiro atoms. The summed E-state index contributed by atoms with van der Waals surface area (Å²) in [6.07, 6.45) is 12.6. The van der Waals surface area contributed by atoms with Gasteiger partial charge in [0.2, 0.25) is 23.5 Å². The lowest BCUT2D eigenvalue weighted by Crippen LogP contribution is -2.52. The number of carbonyl (C=O) groups excluding carboxylic acids is 4. The summed E-state index contributed by atoms with van der Waals surface area (Å²) < 4.78 is 7.42. The van der Waals surface area contributed by atoms with Crippen molar-refractivity contribution in [1.82, 2.24) is 44.8 Å². The SMILES string of the molecule is Cc1cc(NC(=O)Nc2cnc3ccnn3c2C2CCCC2)cnc1-c1noc(CCCCN2CCN(c3ccc4c(c3)CN(C3CCC(=O)NC3=O)C4=O)CC2)n1. The highest BCUT2D eigenvalue weighted by atomic mass is 16.5. The molecule has 0 bridgehead atoms. The van der Waals surface area contributed by atoms with Crippen LogP contribution in [-0.2, 0) is 22.6 Å². The second kappa shape index (κ2) is 16.0. The van der Waals surface area contributed by atoms with Gasteiger partial charge in [0.05, 0.1) is 35.7 Å². The molecule has 58 heavy (non-hydrogen) atoms. The summed E-state index contributed by atoms with van der Waals surface area (Å²) in [5, 5.41) is 16.9. The molecule has 300 valence electrons. The van der Waals surface area contributed by atoms with Crippen molar-refractivity contribution in [2.45, 2.75) is 83.2 Å². The molecule has 3 aliphatic heterocycles. The van der Waals surface area contributed by atoms with Gasteiger partial charge in [-0.15, -0.1) is 0 Å². The van der Waals surface area contributed by atoms with E-state index in [4.69, 9.17) is 4.52 Å². The van der Waals surface area contributed by atoms with Crippen molar-refractivity contribution in [3.05, 3.63) is 77.2 Å². The van der Waals surface area contributed by atoms with Gasteiger partial charge in [0, 0.05) is 68.8 Å². The Balaban J connectivity index is 0.725. The van der Waals surface area contributed by atoms with Crippen LogP contribution in [0.3, 0.4) is 0 Å². The molecule has 17 heteroatoms. The van der Waals surface area contributed by atoms with E-state index in [-0.39, 0.29) is 24.3 Å². The maximum absolute atomic E-state index is 13.1. The summed E-state index contributed by atoms with van der Waals surface area (Å²) in [4.78, 5) is 70.3. The van der Waals surface area contributed by atoms with Crippen molar-refractivity contribution in [3.8, 4) is 11.5 Å². The number of fused-ring (bicyclic) bond motifs is 2. The number of aromatic nitrogens is 6. The third-order valence-corrected chi connectivity index (χ3v) is 11.8. The molecular weight excluding hydrogens is 741 g/mol. The van der Waals surface area contributed by atoms with E-state index in [1.807, 2.05) is 35.7 Å². The van der Waals surface area contributed by atoms with Gasteiger partial charge in [-0.1, -0.05) is 18.0 Å². The molecule has 17 nitrogen and oxygen atoms in total. The quantitative estimate of drug-likeness (QED) is 0.124. The van der Waals surface area contributed by atoms with Crippen LogP contribution in [-0.4, -0.2) is 102 Å². The van der Waals surface area contributed by atoms with Crippen molar-refractivity contribution in [3.63, 3.8) is 0 Å². The van der Waals surface area contributed by atoms with Crippen LogP contribution in [0.15, 0.2) is 53.4 Å². The molecule has 3 fully saturated rings. The summed E-state index contributed by atoms with van der Waals surface area (Å²) in [5.74, 6) is 0.462.